The number of carbonyl (C=O) groups excluding carboxylic acids is 1. The molecule has 0 unspecified atom stereocenters. The van der Waals surface area contributed by atoms with Crippen LogP contribution >= 0.6 is 15.9 Å². The molecular weight excluding hydrogens is 370 g/mol. The number of hydrogen-bond donors (Lipinski definition) is 0. The van der Waals surface area contributed by atoms with Gasteiger partial charge in [-0.1, -0.05) is 40.2 Å². The number of amides is 1. The van der Waals surface area contributed by atoms with Gasteiger partial charge in [-0.05, 0) is 29.8 Å². The van der Waals surface area contributed by atoms with Gasteiger partial charge in [0.05, 0.1) is 11.7 Å². The zero-order valence-corrected chi connectivity index (χ0v) is 14.5. The van der Waals surface area contributed by atoms with Crippen LogP contribution in [0.2, 0.25) is 0 Å². The molecule has 120 valence electrons. The summed E-state index contributed by atoms with van der Waals surface area (Å²) in [5.74, 6) is -0.267. The average Bonchev–Trinajstić information content (AvgIpc) is 2.58. The first kappa shape index (κ1) is 16.1. The van der Waals surface area contributed by atoms with Gasteiger partial charge in [-0.25, -0.2) is 4.68 Å². The Morgan fingerprint density at radius 2 is 1.83 bits per heavy atom. The van der Waals surface area contributed by atoms with Crippen LogP contribution in [0.5, 0.6) is 0 Å². The topological polar surface area (TPSA) is 54.7 Å². The highest BCUT2D eigenvalue weighted by Gasteiger charge is 2.12. The normalized spacial score (nSPS) is 11.1. The molecule has 0 aliphatic heterocycles. The summed E-state index contributed by atoms with van der Waals surface area (Å²) in [6.07, 6.45) is 3.14. The number of hydrazone groups is 1. The van der Waals surface area contributed by atoms with E-state index in [1.54, 1.807) is 35.3 Å². The zero-order valence-electron chi connectivity index (χ0n) is 12.9. The molecule has 24 heavy (non-hydrogen) atoms. The Hall–Kier alpha value is -2.73. The van der Waals surface area contributed by atoms with Gasteiger partial charge in [0.2, 0.25) is 0 Å². The summed E-state index contributed by atoms with van der Waals surface area (Å²) in [7, 11) is 0. The van der Waals surface area contributed by atoms with E-state index in [1.807, 2.05) is 30.3 Å². The molecule has 0 aliphatic rings. The van der Waals surface area contributed by atoms with Gasteiger partial charge in [0.25, 0.3) is 5.91 Å². The van der Waals surface area contributed by atoms with E-state index < -0.39 is 0 Å². The molecule has 3 aromatic rings. The first-order valence-corrected chi connectivity index (χ1v) is 8.06. The van der Waals surface area contributed by atoms with E-state index in [2.05, 4.69) is 21.0 Å². The minimum absolute atomic E-state index is 0.0951. The average molecular weight is 384 g/mol. The van der Waals surface area contributed by atoms with Crippen LogP contribution in [0.25, 0.3) is 10.9 Å². The number of aromatic nitrogens is 1. The molecule has 2 aromatic carbocycles. The minimum atomic E-state index is -0.267. The molecule has 1 heterocycles. The molecule has 0 spiro atoms. The Kier molecular flexibility index (Phi) is 4.57. The monoisotopic (exact) mass is 383 g/mol. The van der Waals surface area contributed by atoms with Crippen molar-refractivity contribution in [1.29, 1.82) is 0 Å². The summed E-state index contributed by atoms with van der Waals surface area (Å²) >= 11 is 3.38. The molecule has 1 aromatic heterocycles. The van der Waals surface area contributed by atoms with E-state index in [0.29, 0.717) is 10.9 Å². The molecule has 0 fully saturated rings. The number of nitrogens with zero attached hydrogens (tertiary/aromatic N) is 3. The third-order valence-corrected chi connectivity index (χ3v) is 3.98. The standard InChI is InChI=1S/C18H14BrN3O2/c1-13(23)22(20-12-14-6-8-15(19)9-7-14)21-11-10-18(24)16-4-2-3-5-17(16)21/h2-12H,1H3. The van der Waals surface area contributed by atoms with Crippen molar-refractivity contribution in [2.45, 2.75) is 6.92 Å². The van der Waals surface area contributed by atoms with Crippen LogP contribution in [0.4, 0.5) is 0 Å². The zero-order chi connectivity index (χ0) is 17.1. The molecular formula is C18H14BrN3O2. The summed E-state index contributed by atoms with van der Waals surface area (Å²) in [5.41, 5.74) is 1.38. The van der Waals surface area contributed by atoms with Gasteiger partial charge in [-0.3, -0.25) is 9.59 Å². The van der Waals surface area contributed by atoms with Crippen molar-refractivity contribution in [2.75, 3.05) is 5.12 Å². The highest BCUT2D eigenvalue weighted by Crippen LogP contribution is 2.12. The van der Waals surface area contributed by atoms with E-state index in [9.17, 15) is 9.59 Å². The molecule has 0 saturated carbocycles. The van der Waals surface area contributed by atoms with Crippen molar-refractivity contribution in [3.63, 3.8) is 0 Å². The molecule has 0 bridgehead atoms. The van der Waals surface area contributed by atoms with Crippen LogP contribution in [-0.4, -0.2) is 16.8 Å². The van der Waals surface area contributed by atoms with Crippen molar-refractivity contribution in [3.05, 3.63) is 81.1 Å². The second kappa shape index (κ2) is 6.80. The quantitative estimate of drug-likeness (QED) is 0.514. The number of pyridine rings is 1. The van der Waals surface area contributed by atoms with Crippen LogP contribution < -0.4 is 10.5 Å². The number of fused-ring (bicyclic) bond motifs is 1. The molecule has 3 rings (SSSR count). The second-order valence-corrected chi connectivity index (χ2v) is 6.06. The Labute approximate surface area is 146 Å². The lowest BCUT2D eigenvalue weighted by Gasteiger charge is -2.20. The number of rotatable bonds is 3. The molecule has 0 radical (unpaired) electrons. The fourth-order valence-electron chi connectivity index (χ4n) is 2.31. The van der Waals surface area contributed by atoms with Crippen molar-refractivity contribution in [1.82, 2.24) is 4.68 Å². The Bertz CT molecular complexity index is 977. The van der Waals surface area contributed by atoms with E-state index in [4.69, 9.17) is 0 Å². The number of carbonyl (C=O) groups is 1. The highest BCUT2D eigenvalue weighted by atomic mass is 79.9. The smallest absolute Gasteiger partial charge is 0.259 e. The SMILES string of the molecule is CC(=O)N(N=Cc1ccc(Br)cc1)n1ccc(=O)c2ccccc21. The lowest BCUT2D eigenvalue weighted by molar-refractivity contribution is -0.118. The van der Waals surface area contributed by atoms with E-state index in [0.717, 1.165) is 10.0 Å². The van der Waals surface area contributed by atoms with Crippen LogP contribution in [0.3, 0.4) is 0 Å². The van der Waals surface area contributed by atoms with Gasteiger partial charge in [-0.2, -0.15) is 5.10 Å². The second-order valence-electron chi connectivity index (χ2n) is 5.15. The third-order valence-electron chi connectivity index (χ3n) is 3.46. The van der Waals surface area contributed by atoms with Crippen LogP contribution in [0, 0.1) is 0 Å². The van der Waals surface area contributed by atoms with Gasteiger partial charge in [0.1, 0.15) is 0 Å². The Balaban J connectivity index is 2.06. The van der Waals surface area contributed by atoms with E-state index in [-0.39, 0.29) is 11.3 Å². The molecule has 0 atom stereocenters. The van der Waals surface area contributed by atoms with Crippen molar-refractivity contribution in [2.24, 2.45) is 5.10 Å². The van der Waals surface area contributed by atoms with Gasteiger partial charge >= 0.3 is 0 Å². The van der Waals surface area contributed by atoms with Gasteiger partial charge in [0.15, 0.2) is 5.43 Å². The minimum Gasteiger partial charge on any atom is -0.289 e. The molecule has 0 aliphatic carbocycles. The predicted octanol–water partition coefficient (Wildman–Crippen LogP) is 3.28. The van der Waals surface area contributed by atoms with E-state index >= 15 is 0 Å². The predicted molar refractivity (Wildman–Crippen MR) is 98.8 cm³/mol. The fourth-order valence-corrected chi connectivity index (χ4v) is 2.58. The van der Waals surface area contributed by atoms with Crippen LogP contribution in [0.15, 0.2) is 75.2 Å². The number of para-hydroxylation sites is 1. The maximum Gasteiger partial charge on any atom is 0.259 e. The van der Waals surface area contributed by atoms with Gasteiger partial charge in [0, 0.05) is 29.0 Å². The maximum atomic E-state index is 12.1. The van der Waals surface area contributed by atoms with Crippen molar-refractivity contribution >= 4 is 39.0 Å². The Morgan fingerprint density at radius 3 is 2.54 bits per heavy atom. The lowest BCUT2D eigenvalue weighted by Crippen LogP contribution is -2.34. The van der Waals surface area contributed by atoms with Crippen LogP contribution in [-0.2, 0) is 4.79 Å². The summed E-state index contributed by atoms with van der Waals surface area (Å²) in [4.78, 5) is 24.0. The fraction of sp³-hybridized carbons (Fsp3) is 0.0556. The summed E-state index contributed by atoms with van der Waals surface area (Å²) < 4.78 is 2.53. The number of hydrogen-bond acceptors (Lipinski definition) is 3. The lowest BCUT2D eigenvalue weighted by atomic mass is 10.2. The first-order valence-electron chi connectivity index (χ1n) is 7.27. The summed E-state index contributed by atoms with van der Waals surface area (Å²) in [5, 5.41) is 6.04. The van der Waals surface area contributed by atoms with Crippen molar-refractivity contribution < 1.29 is 4.79 Å². The van der Waals surface area contributed by atoms with Gasteiger partial charge < -0.3 is 0 Å². The Morgan fingerprint density at radius 1 is 1.12 bits per heavy atom. The van der Waals surface area contributed by atoms with Crippen LogP contribution in [0.1, 0.15) is 12.5 Å². The molecule has 1 amide bonds. The van der Waals surface area contributed by atoms with Gasteiger partial charge in [-0.15, -0.1) is 5.12 Å². The molecule has 5 nitrogen and oxygen atoms in total. The van der Waals surface area contributed by atoms with E-state index in [1.165, 1.54) is 18.1 Å². The molecule has 0 saturated heterocycles. The summed E-state index contributed by atoms with van der Waals surface area (Å²) in [6.45, 7) is 1.42. The third kappa shape index (κ3) is 3.28. The highest BCUT2D eigenvalue weighted by molar-refractivity contribution is 9.10. The van der Waals surface area contributed by atoms with Crippen molar-refractivity contribution in [3.8, 4) is 0 Å². The number of halogens is 1. The maximum absolute atomic E-state index is 12.1. The first-order chi connectivity index (χ1) is 11.6. The molecule has 0 N–H and O–H groups in total. The largest absolute Gasteiger partial charge is 0.289 e. The number of benzene rings is 2. The summed E-state index contributed by atoms with van der Waals surface area (Å²) in [6, 6.07) is 16.1. The molecule has 6 heteroatoms.